The van der Waals surface area contributed by atoms with Crippen LogP contribution in [0.5, 0.6) is 0 Å². The van der Waals surface area contributed by atoms with Crippen LogP contribution >= 0.6 is 34.8 Å². The number of hydrogen-bond acceptors (Lipinski definition) is 3. The van der Waals surface area contributed by atoms with Gasteiger partial charge in [-0.15, -0.1) is 0 Å². The van der Waals surface area contributed by atoms with Crippen molar-refractivity contribution in [1.82, 2.24) is 5.32 Å². The van der Waals surface area contributed by atoms with Crippen molar-refractivity contribution in [2.45, 2.75) is 19.3 Å². The van der Waals surface area contributed by atoms with Gasteiger partial charge in [-0.1, -0.05) is 46.9 Å². The highest BCUT2D eigenvalue weighted by atomic mass is 35.5. The number of amides is 1. The Morgan fingerprint density at radius 1 is 1.00 bits per heavy atom. The van der Waals surface area contributed by atoms with E-state index >= 15 is 0 Å². The van der Waals surface area contributed by atoms with Crippen LogP contribution in [0, 0.1) is 0 Å². The fourth-order valence-corrected chi connectivity index (χ4v) is 4.23. The molecule has 28 heavy (non-hydrogen) atoms. The second-order valence-electron chi connectivity index (χ2n) is 6.29. The summed E-state index contributed by atoms with van der Waals surface area (Å²) in [6.07, 6.45) is 2.37. The Labute approximate surface area is 180 Å². The summed E-state index contributed by atoms with van der Waals surface area (Å²) in [5.74, 6) is -0.133. The molecule has 0 aliphatic heterocycles. The highest BCUT2D eigenvalue weighted by molar-refractivity contribution is 7.92. The molecule has 0 atom stereocenters. The smallest absolute Gasteiger partial charge is 0.232 e. The minimum Gasteiger partial charge on any atom is -0.356 e. The molecule has 0 spiro atoms. The van der Waals surface area contributed by atoms with E-state index in [1.807, 2.05) is 12.1 Å². The Kier molecular flexibility index (Phi) is 8.43. The molecule has 0 aliphatic carbocycles. The molecule has 0 saturated carbocycles. The Balaban J connectivity index is 1.84. The van der Waals surface area contributed by atoms with Crippen molar-refractivity contribution < 1.29 is 13.2 Å². The minimum absolute atomic E-state index is 0.133. The first-order valence-corrected chi connectivity index (χ1v) is 11.6. The van der Waals surface area contributed by atoms with Crippen LogP contribution in [-0.4, -0.2) is 33.7 Å². The third-order valence-electron chi connectivity index (χ3n) is 3.95. The van der Waals surface area contributed by atoms with Gasteiger partial charge >= 0.3 is 0 Å². The van der Waals surface area contributed by atoms with Crippen molar-refractivity contribution in [2.24, 2.45) is 0 Å². The zero-order chi connectivity index (χ0) is 20.7. The Bertz CT molecular complexity index is 898. The normalized spacial score (nSPS) is 11.3. The average Bonchev–Trinajstić information content (AvgIpc) is 2.58. The van der Waals surface area contributed by atoms with E-state index in [2.05, 4.69) is 5.32 Å². The number of anilines is 1. The number of carbonyl (C=O) groups is 1. The summed E-state index contributed by atoms with van der Waals surface area (Å²) in [6.45, 7) is 0.653. The summed E-state index contributed by atoms with van der Waals surface area (Å²) >= 11 is 17.8. The lowest BCUT2D eigenvalue weighted by Gasteiger charge is -2.22. The van der Waals surface area contributed by atoms with E-state index in [0.29, 0.717) is 40.1 Å². The standard InChI is InChI=1S/C19H21Cl3N2O3S/c1-28(26,27)24(18-12-16(21)11-17(22)13-18)10-2-3-19(25)23-9-8-14-4-6-15(20)7-5-14/h4-7,11-13H,2-3,8-10H2,1H3,(H,23,25). The minimum atomic E-state index is -3.53. The maximum absolute atomic E-state index is 12.1. The first-order valence-electron chi connectivity index (χ1n) is 8.60. The van der Waals surface area contributed by atoms with Gasteiger partial charge < -0.3 is 5.32 Å². The molecule has 0 aromatic heterocycles. The van der Waals surface area contributed by atoms with Crippen LogP contribution in [0.3, 0.4) is 0 Å². The van der Waals surface area contributed by atoms with Crippen molar-refractivity contribution in [2.75, 3.05) is 23.7 Å². The summed E-state index contributed by atoms with van der Waals surface area (Å²) in [7, 11) is -3.53. The van der Waals surface area contributed by atoms with Gasteiger partial charge in [-0.2, -0.15) is 0 Å². The number of sulfonamides is 1. The average molecular weight is 464 g/mol. The van der Waals surface area contributed by atoms with E-state index in [0.717, 1.165) is 11.8 Å². The second-order valence-corrected chi connectivity index (χ2v) is 9.51. The molecular formula is C19H21Cl3N2O3S. The van der Waals surface area contributed by atoms with Crippen LogP contribution in [0.4, 0.5) is 5.69 Å². The molecule has 1 N–H and O–H groups in total. The number of rotatable bonds is 9. The predicted molar refractivity (Wildman–Crippen MR) is 116 cm³/mol. The van der Waals surface area contributed by atoms with E-state index < -0.39 is 10.0 Å². The highest BCUT2D eigenvalue weighted by Gasteiger charge is 2.18. The lowest BCUT2D eigenvalue weighted by atomic mass is 10.1. The molecule has 0 unspecified atom stereocenters. The van der Waals surface area contributed by atoms with Gasteiger partial charge in [0.1, 0.15) is 0 Å². The molecule has 0 aliphatic rings. The van der Waals surface area contributed by atoms with Crippen molar-refractivity contribution in [3.8, 4) is 0 Å². The first-order chi connectivity index (χ1) is 13.1. The van der Waals surface area contributed by atoms with Gasteiger partial charge in [0, 0.05) is 34.6 Å². The fraction of sp³-hybridized carbons (Fsp3) is 0.316. The van der Waals surface area contributed by atoms with Crippen molar-refractivity contribution in [1.29, 1.82) is 0 Å². The zero-order valence-corrected chi connectivity index (χ0v) is 18.4. The molecule has 0 bridgehead atoms. The van der Waals surface area contributed by atoms with E-state index in [9.17, 15) is 13.2 Å². The van der Waals surface area contributed by atoms with Crippen LogP contribution in [0.1, 0.15) is 18.4 Å². The summed E-state index contributed by atoms with van der Waals surface area (Å²) in [5.41, 5.74) is 1.45. The third-order valence-corrected chi connectivity index (χ3v) is 5.83. The molecular weight excluding hydrogens is 443 g/mol. The molecule has 2 rings (SSSR count). The summed E-state index contributed by atoms with van der Waals surface area (Å²) < 4.78 is 25.4. The van der Waals surface area contributed by atoms with Gasteiger partial charge in [0.25, 0.3) is 0 Å². The van der Waals surface area contributed by atoms with Gasteiger partial charge in [-0.3, -0.25) is 9.10 Å². The largest absolute Gasteiger partial charge is 0.356 e. The number of nitrogens with zero attached hydrogens (tertiary/aromatic N) is 1. The van der Waals surface area contributed by atoms with Crippen LogP contribution in [-0.2, 0) is 21.2 Å². The molecule has 2 aromatic carbocycles. The Morgan fingerprint density at radius 3 is 2.18 bits per heavy atom. The molecule has 0 radical (unpaired) electrons. The van der Waals surface area contributed by atoms with Gasteiger partial charge in [0.2, 0.25) is 15.9 Å². The maximum Gasteiger partial charge on any atom is 0.232 e. The topological polar surface area (TPSA) is 66.5 Å². The molecule has 5 nitrogen and oxygen atoms in total. The first kappa shape index (κ1) is 22.8. The summed E-state index contributed by atoms with van der Waals surface area (Å²) in [6, 6.07) is 12.0. The quantitative estimate of drug-likeness (QED) is 0.593. The molecule has 9 heteroatoms. The number of carbonyl (C=O) groups excluding carboxylic acids is 1. The highest BCUT2D eigenvalue weighted by Crippen LogP contribution is 2.27. The van der Waals surface area contributed by atoms with E-state index in [1.54, 1.807) is 12.1 Å². The van der Waals surface area contributed by atoms with Gasteiger partial charge in [0.05, 0.1) is 11.9 Å². The summed E-state index contributed by atoms with van der Waals surface area (Å²) in [4.78, 5) is 12.0. The summed E-state index contributed by atoms with van der Waals surface area (Å²) in [5, 5.41) is 4.19. The van der Waals surface area contributed by atoms with Crippen molar-refractivity contribution >= 4 is 56.4 Å². The molecule has 0 saturated heterocycles. The van der Waals surface area contributed by atoms with Gasteiger partial charge in [-0.25, -0.2) is 8.42 Å². The van der Waals surface area contributed by atoms with E-state index in [4.69, 9.17) is 34.8 Å². The number of benzene rings is 2. The van der Waals surface area contributed by atoms with Crippen molar-refractivity contribution in [3.05, 3.63) is 63.1 Å². The van der Waals surface area contributed by atoms with Crippen LogP contribution < -0.4 is 9.62 Å². The second kappa shape index (κ2) is 10.3. The Hall–Kier alpha value is -1.47. The zero-order valence-electron chi connectivity index (χ0n) is 15.3. The van der Waals surface area contributed by atoms with Crippen LogP contribution in [0.25, 0.3) is 0 Å². The lowest BCUT2D eigenvalue weighted by molar-refractivity contribution is -0.121. The molecule has 152 valence electrons. The van der Waals surface area contributed by atoms with Crippen LogP contribution in [0.15, 0.2) is 42.5 Å². The monoisotopic (exact) mass is 462 g/mol. The van der Waals surface area contributed by atoms with E-state index in [-0.39, 0.29) is 18.9 Å². The molecule has 0 fully saturated rings. The van der Waals surface area contributed by atoms with Gasteiger partial charge in [0.15, 0.2) is 0 Å². The maximum atomic E-state index is 12.1. The SMILES string of the molecule is CS(=O)(=O)N(CCCC(=O)NCCc1ccc(Cl)cc1)c1cc(Cl)cc(Cl)c1. The van der Waals surface area contributed by atoms with Crippen LogP contribution in [0.2, 0.25) is 15.1 Å². The lowest BCUT2D eigenvalue weighted by Crippen LogP contribution is -2.32. The van der Waals surface area contributed by atoms with Gasteiger partial charge in [-0.05, 0) is 48.7 Å². The number of halogens is 3. The number of nitrogens with one attached hydrogen (secondary N) is 1. The number of hydrogen-bond donors (Lipinski definition) is 1. The molecule has 2 aromatic rings. The third kappa shape index (κ3) is 7.51. The van der Waals surface area contributed by atoms with E-state index in [1.165, 1.54) is 22.5 Å². The Morgan fingerprint density at radius 2 is 1.61 bits per heavy atom. The fourth-order valence-electron chi connectivity index (χ4n) is 2.64. The van der Waals surface area contributed by atoms with Crippen molar-refractivity contribution in [3.63, 3.8) is 0 Å². The predicted octanol–water partition coefficient (Wildman–Crippen LogP) is 4.55. The molecule has 1 amide bonds. The molecule has 0 heterocycles.